The van der Waals surface area contributed by atoms with Crippen molar-refractivity contribution in [1.29, 1.82) is 0 Å². The molecule has 0 saturated carbocycles. The van der Waals surface area contributed by atoms with Crippen molar-refractivity contribution in [2.45, 2.75) is 6.92 Å². The van der Waals surface area contributed by atoms with Crippen LogP contribution in [0.15, 0.2) is 36.7 Å². The number of hydrogen-bond donors (Lipinski definition) is 2. The zero-order chi connectivity index (χ0) is 12.1. The highest BCUT2D eigenvalue weighted by atomic mass is 16.5. The highest BCUT2D eigenvalue weighted by molar-refractivity contribution is 5.69. The van der Waals surface area contributed by atoms with Gasteiger partial charge in [-0.3, -0.25) is 0 Å². The number of nitrogens with two attached hydrogens (primary N) is 1. The smallest absolute Gasteiger partial charge is 0.173 e. The quantitative estimate of drug-likeness (QED) is 0.842. The summed E-state index contributed by atoms with van der Waals surface area (Å²) in [6.07, 6.45) is 3.14. The van der Waals surface area contributed by atoms with Crippen molar-refractivity contribution in [2.75, 3.05) is 17.7 Å². The molecule has 0 fully saturated rings. The summed E-state index contributed by atoms with van der Waals surface area (Å²) in [5.74, 6) is 1.65. The van der Waals surface area contributed by atoms with Crippen LogP contribution in [0, 0.1) is 0 Å². The number of nitrogen functional groups attached to an aromatic ring is 1. The molecule has 88 valence electrons. The number of para-hydroxylation sites is 2. The van der Waals surface area contributed by atoms with Crippen molar-refractivity contribution in [2.24, 2.45) is 0 Å². The van der Waals surface area contributed by atoms with Crippen LogP contribution in [0.2, 0.25) is 0 Å². The van der Waals surface area contributed by atoms with Gasteiger partial charge >= 0.3 is 0 Å². The lowest BCUT2D eigenvalue weighted by Gasteiger charge is -2.12. The Hall–Kier alpha value is -2.30. The summed E-state index contributed by atoms with van der Waals surface area (Å²) in [6.45, 7) is 2.54. The summed E-state index contributed by atoms with van der Waals surface area (Å²) in [5, 5.41) is 3.10. The van der Waals surface area contributed by atoms with E-state index in [1.807, 2.05) is 31.2 Å². The first-order chi connectivity index (χ1) is 8.31. The third-order valence-electron chi connectivity index (χ3n) is 2.17. The number of ether oxygens (including phenoxy) is 1. The molecule has 5 nitrogen and oxygen atoms in total. The summed E-state index contributed by atoms with van der Waals surface area (Å²) in [7, 11) is 0. The van der Waals surface area contributed by atoms with Crippen molar-refractivity contribution in [1.82, 2.24) is 9.97 Å². The van der Waals surface area contributed by atoms with Gasteiger partial charge in [-0.25, -0.2) is 9.97 Å². The number of benzene rings is 1. The summed E-state index contributed by atoms with van der Waals surface area (Å²) in [4.78, 5) is 8.08. The third kappa shape index (κ3) is 2.63. The highest BCUT2D eigenvalue weighted by Crippen LogP contribution is 2.27. The predicted molar refractivity (Wildman–Crippen MR) is 67.3 cm³/mol. The van der Waals surface area contributed by atoms with Crippen LogP contribution >= 0.6 is 0 Å². The molecule has 1 aromatic heterocycles. The number of anilines is 3. The molecule has 0 aliphatic carbocycles. The molecule has 1 heterocycles. The molecule has 0 bridgehead atoms. The van der Waals surface area contributed by atoms with Gasteiger partial charge in [-0.2, -0.15) is 0 Å². The van der Waals surface area contributed by atoms with E-state index in [0.717, 1.165) is 11.4 Å². The summed E-state index contributed by atoms with van der Waals surface area (Å²) >= 11 is 0. The molecule has 17 heavy (non-hydrogen) atoms. The molecule has 0 aliphatic heterocycles. The van der Waals surface area contributed by atoms with Crippen LogP contribution in [-0.2, 0) is 0 Å². The predicted octanol–water partition coefficient (Wildman–Crippen LogP) is 2.20. The van der Waals surface area contributed by atoms with E-state index in [4.69, 9.17) is 10.5 Å². The standard InChI is InChI=1S/C12H14N4O/c1-2-17-10-6-4-3-5-9(10)16-12-11(13)14-7-8-15-12/h3-8H,2H2,1H3,(H2,13,14)(H,15,16). The SMILES string of the molecule is CCOc1ccccc1Nc1nccnc1N. The molecular weight excluding hydrogens is 216 g/mol. The van der Waals surface area contributed by atoms with E-state index >= 15 is 0 Å². The Morgan fingerprint density at radius 1 is 1.24 bits per heavy atom. The topological polar surface area (TPSA) is 73.1 Å². The van der Waals surface area contributed by atoms with Gasteiger partial charge in [0.25, 0.3) is 0 Å². The van der Waals surface area contributed by atoms with E-state index in [2.05, 4.69) is 15.3 Å². The molecule has 3 N–H and O–H groups in total. The van der Waals surface area contributed by atoms with E-state index in [0.29, 0.717) is 18.2 Å². The van der Waals surface area contributed by atoms with Gasteiger partial charge in [0.2, 0.25) is 0 Å². The number of nitrogens with zero attached hydrogens (tertiary/aromatic N) is 2. The Morgan fingerprint density at radius 3 is 2.76 bits per heavy atom. The largest absolute Gasteiger partial charge is 0.492 e. The lowest BCUT2D eigenvalue weighted by atomic mass is 10.3. The molecule has 0 saturated heterocycles. The number of nitrogens with one attached hydrogen (secondary N) is 1. The number of rotatable bonds is 4. The molecule has 1 aromatic carbocycles. The van der Waals surface area contributed by atoms with Crippen molar-refractivity contribution < 1.29 is 4.74 Å². The minimum Gasteiger partial charge on any atom is -0.492 e. The van der Waals surface area contributed by atoms with Crippen LogP contribution in [0.1, 0.15) is 6.92 Å². The van der Waals surface area contributed by atoms with Crippen molar-refractivity contribution in [3.8, 4) is 5.75 Å². The monoisotopic (exact) mass is 230 g/mol. The van der Waals surface area contributed by atoms with E-state index in [1.54, 1.807) is 12.4 Å². The molecule has 0 spiro atoms. The zero-order valence-corrected chi connectivity index (χ0v) is 9.55. The molecule has 5 heteroatoms. The zero-order valence-electron chi connectivity index (χ0n) is 9.55. The average molecular weight is 230 g/mol. The second-order valence-corrected chi connectivity index (χ2v) is 3.34. The van der Waals surface area contributed by atoms with Gasteiger partial charge in [0.1, 0.15) is 5.75 Å². The second kappa shape index (κ2) is 5.16. The van der Waals surface area contributed by atoms with Crippen molar-refractivity contribution in [3.05, 3.63) is 36.7 Å². The third-order valence-corrected chi connectivity index (χ3v) is 2.17. The van der Waals surface area contributed by atoms with Gasteiger partial charge in [0, 0.05) is 12.4 Å². The fraction of sp³-hybridized carbons (Fsp3) is 0.167. The maximum atomic E-state index is 5.72. The fourth-order valence-corrected chi connectivity index (χ4v) is 1.42. The van der Waals surface area contributed by atoms with E-state index in [9.17, 15) is 0 Å². The van der Waals surface area contributed by atoms with Gasteiger partial charge in [-0.05, 0) is 19.1 Å². The lowest BCUT2D eigenvalue weighted by molar-refractivity contribution is 0.342. The first-order valence-corrected chi connectivity index (χ1v) is 5.36. The maximum Gasteiger partial charge on any atom is 0.173 e. The highest BCUT2D eigenvalue weighted by Gasteiger charge is 2.05. The Balaban J connectivity index is 2.27. The van der Waals surface area contributed by atoms with Crippen LogP contribution in [0.3, 0.4) is 0 Å². The molecular formula is C12H14N4O. The summed E-state index contributed by atoms with van der Waals surface area (Å²) in [6, 6.07) is 7.62. The van der Waals surface area contributed by atoms with Gasteiger partial charge in [-0.1, -0.05) is 12.1 Å². The first kappa shape index (κ1) is 11.2. The molecule has 0 radical (unpaired) electrons. The molecule has 2 aromatic rings. The van der Waals surface area contributed by atoms with Crippen LogP contribution in [0.4, 0.5) is 17.3 Å². The molecule has 0 amide bonds. The van der Waals surface area contributed by atoms with Gasteiger partial charge in [-0.15, -0.1) is 0 Å². The molecule has 2 rings (SSSR count). The van der Waals surface area contributed by atoms with E-state index < -0.39 is 0 Å². The summed E-state index contributed by atoms with van der Waals surface area (Å²) < 4.78 is 5.50. The van der Waals surface area contributed by atoms with Crippen molar-refractivity contribution >= 4 is 17.3 Å². The van der Waals surface area contributed by atoms with Crippen LogP contribution in [0.5, 0.6) is 5.75 Å². The molecule has 0 aliphatic rings. The maximum absolute atomic E-state index is 5.72. The van der Waals surface area contributed by atoms with Gasteiger partial charge < -0.3 is 15.8 Å². The Bertz CT molecular complexity index is 501. The van der Waals surface area contributed by atoms with Gasteiger partial charge in [0.15, 0.2) is 11.6 Å². The number of hydrogen-bond acceptors (Lipinski definition) is 5. The Labute approximate surface area is 99.7 Å². The van der Waals surface area contributed by atoms with Crippen LogP contribution < -0.4 is 15.8 Å². The molecule has 0 unspecified atom stereocenters. The molecule has 0 atom stereocenters. The lowest BCUT2D eigenvalue weighted by Crippen LogP contribution is -2.02. The minimum absolute atomic E-state index is 0.360. The first-order valence-electron chi connectivity index (χ1n) is 5.36. The van der Waals surface area contributed by atoms with Crippen molar-refractivity contribution in [3.63, 3.8) is 0 Å². The minimum atomic E-state index is 0.360. The van der Waals surface area contributed by atoms with E-state index in [-0.39, 0.29) is 0 Å². The van der Waals surface area contributed by atoms with Crippen LogP contribution in [0.25, 0.3) is 0 Å². The summed E-state index contributed by atoms with van der Waals surface area (Å²) in [5.41, 5.74) is 6.54. The fourth-order valence-electron chi connectivity index (χ4n) is 1.42. The van der Waals surface area contributed by atoms with E-state index in [1.165, 1.54) is 0 Å². The van der Waals surface area contributed by atoms with Crippen LogP contribution in [-0.4, -0.2) is 16.6 Å². The van der Waals surface area contributed by atoms with Gasteiger partial charge in [0.05, 0.1) is 12.3 Å². The Kier molecular flexibility index (Phi) is 3.40. The normalized spacial score (nSPS) is 9.94. The Morgan fingerprint density at radius 2 is 2.00 bits per heavy atom. The second-order valence-electron chi connectivity index (χ2n) is 3.34. The number of aromatic nitrogens is 2. The average Bonchev–Trinajstić information content (AvgIpc) is 2.35.